The van der Waals surface area contributed by atoms with Gasteiger partial charge in [0.25, 0.3) is 0 Å². The zero-order valence-corrected chi connectivity index (χ0v) is 8.99. The number of anilines is 1. The molecule has 0 saturated carbocycles. The largest absolute Gasteiger partial charge is 0.408 e. The summed E-state index contributed by atoms with van der Waals surface area (Å²) < 4.78 is 6.19. The van der Waals surface area contributed by atoms with Crippen LogP contribution in [0.5, 0.6) is 0 Å². The molecule has 0 aliphatic carbocycles. The summed E-state index contributed by atoms with van der Waals surface area (Å²) in [4.78, 5) is 18.7. The second kappa shape index (κ2) is 3.69. The lowest BCUT2D eigenvalue weighted by Crippen LogP contribution is -2.26. The number of nitrogens with zero attached hydrogens (tertiary/aromatic N) is 2. The average Bonchev–Trinajstić information content (AvgIpc) is 2.22. The summed E-state index contributed by atoms with van der Waals surface area (Å²) in [6.07, 6.45) is 0. The summed E-state index contributed by atoms with van der Waals surface area (Å²) >= 11 is 0. The Labute approximate surface area is 86.0 Å². The van der Waals surface area contributed by atoms with Crippen molar-refractivity contribution >= 4 is 24.1 Å². The van der Waals surface area contributed by atoms with Crippen LogP contribution in [0.15, 0.2) is 0 Å². The van der Waals surface area contributed by atoms with Gasteiger partial charge in [0.1, 0.15) is 12.3 Å². The summed E-state index contributed by atoms with van der Waals surface area (Å²) in [5.74, 6) is 0. The molecule has 0 saturated heterocycles. The van der Waals surface area contributed by atoms with Crippen molar-refractivity contribution in [3.63, 3.8) is 0 Å². The minimum Gasteiger partial charge on any atom is -0.408 e. The minimum absolute atomic E-state index is 0.0145. The summed E-state index contributed by atoms with van der Waals surface area (Å²) in [6.45, 7) is 0.792. The fraction of sp³-hybridized carbons (Fsp3) is 0.429. The van der Waals surface area contributed by atoms with E-state index in [9.17, 15) is 4.89 Å². The number of nitrogens with one attached hydrogen (secondary N) is 1. The van der Waals surface area contributed by atoms with Crippen molar-refractivity contribution in [2.75, 3.05) is 26.1 Å². The molecule has 0 aromatic carbocycles. The molecule has 1 atom stereocenters. The van der Waals surface area contributed by atoms with Crippen LogP contribution in [-0.4, -0.2) is 34.9 Å². The first kappa shape index (κ1) is 10.2. The highest BCUT2D eigenvalue weighted by Crippen LogP contribution is 2.42. The monoisotopic (exact) mass is 230 g/mol. The zero-order chi connectivity index (χ0) is 11.0. The molecule has 0 aliphatic heterocycles. The number of hydrogen-bond donors (Lipinski definition) is 3. The van der Waals surface area contributed by atoms with Crippen LogP contribution in [0.4, 0.5) is 5.69 Å². The molecular weight excluding hydrogens is 219 g/mol. The molecule has 0 spiro atoms. The smallest absolute Gasteiger partial charge is 0.218 e. The standard InChI is InChI=1S/C7H11N4O3P/c1-13-2-3-14-11-6-4(8)5(9)10-7(11)15(6)12/h9,12H,2-3,8H2,1H3. The fourth-order valence-corrected chi connectivity index (χ4v) is 2.46. The van der Waals surface area contributed by atoms with Crippen molar-refractivity contribution in [2.24, 2.45) is 0 Å². The van der Waals surface area contributed by atoms with Crippen LogP contribution in [-0.2, 0) is 4.74 Å². The van der Waals surface area contributed by atoms with Crippen molar-refractivity contribution in [2.45, 2.75) is 0 Å². The molecule has 3 aromatic rings. The van der Waals surface area contributed by atoms with Crippen LogP contribution >= 0.6 is 7.76 Å². The lowest BCUT2D eigenvalue weighted by atomic mass is 10.5. The number of ether oxygens (including phenoxy) is 1. The summed E-state index contributed by atoms with van der Waals surface area (Å²) in [5, 5.41) is 8.20. The van der Waals surface area contributed by atoms with Crippen molar-refractivity contribution in [1.82, 2.24) is 9.71 Å². The van der Waals surface area contributed by atoms with Gasteiger partial charge in [-0.15, -0.1) is 0 Å². The Morgan fingerprint density at radius 3 is 2.93 bits per heavy atom. The first-order valence-corrected chi connectivity index (χ1v) is 5.54. The fourth-order valence-electron chi connectivity index (χ4n) is 1.23. The topological polar surface area (TPSA) is 106 Å². The van der Waals surface area contributed by atoms with Gasteiger partial charge in [-0.1, -0.05) is 0 Å². The molecule has 3 heterocycles. The number of aromatic nitrogens is 2. The van der Waals surface area contributed by atoms with E-state index >= 15 is 0 Å². The molecule has 0 amide bonds. The lowest BCUT2D eigenvalue weighted by Gasteiger charge is -2.20. The van der Waals surface area contributed by atoms with Crippen molar-refractivity contribution < 1.29 is 14.5 Å². The van der Waals surface area contributed by atoms with Gasteiger partial charge in [-0.25, -0.2) is 4.98 Å². The van der Waals surface area contributed by atoms with Crippen molar-refractivity contribution in [3.05, 3.63) is 5.49 Å². The maximum atomic E-state index is 9.59. The van der Waals surface area contributed by atoms with Gasteiger partial charge < -0.3 is 20.2 Å². The van der Waals surface area contributed by atoms with Gasteiger partial charge in [0.05, 0.1) is 14.4 Å². The molecule has 2 bridgehead atoms. The van der Waals surface area contributed by atoms with E-state index in [0.717, 1.165) is 0 Å². The third-order valence-electron chi connectivity index (χ3n) is 1.98. The predicted octanol–water partition coefficient (Wildman–Crippen LogP) is -0.647. The Kier molecular flexibility index (Phi) is 2.52. The zero-order valence-electron chi connectivity index (χ0n) is 8.10. The molecular formula is C7H11N4O3P. The van der Waals surface area contributed by atoms with Gasteiger partial charge in [0.2, 0.25) is 5.38 Å². The molecule has 15 heavy (non-hydrogen) atoms. The summed E-state index contributed by atoms with van der Waals surface area (Å²) in [6, 6.07) is 0. The maximum absolute atomic E-state index is 9.59. The quantitative estimate of drug-likeness (QED) is 0.605. The molecule has 0 radical (unpaired) electrons. The first-order valence-electron chi connectivity index (χ1n) is 4.25. The third-order valence-corrected chi connectivity index (χ3v) is 3.46. The number of nitrogens with two attached hydrogens (primary N) is 1. The van der Waals surface area contributed by atoms with Crippen molar-refractivity contribution in [3.8, 4) is 0 Å². The third kappa shape index (κ3) is 1.45. The molecule has 7 nitrogen and oxygen atoms in total. The highest BCUT2D eigenvalue weighted by molar-refractivity contribution is 7.55. The van der Waals surface area contributed by atoms with Crippen LogP contribution in [0, 0.1) is 5.41 Å². The van der Waals surface area contributed by atoms with Crippen LogP contribution in [0.3, 0.4) is 0 Å². The van der Waals surface area contributed by atoms with Crippen molar-refractivity contribution in [1.29, 1.82) is 5.41 Å². The van der Waals surface area contributed by atoms with Gasteiger partial charge in [-0.05, 0) is 0 Å². The SMILES string of the molecule is COCCOn1c2nc(=N)c(N)c1p2O. The van der Waals surface area contributed by atoms with E-state index in [0.29, 0.717) is 23.8 Å². The normalized spacial score (nSPS) is 12.5. The van der Waals surface area contributed by atoms with E-state index < -0.39 is 7.76 Å². The molecule has 3 aromatic heterocycles. The van der Waals surface area contributed by atoms with Gasteiger partial charge in [-0.3, -0.25) is 5.41 Å². The van der Waals surface area contributed by atoms with E-state index in [4.69, 9.17) is 20.7 Å². The van der Waals surface area contributed by atoms with E-state index in [1.54, 1.807) is 7.11 Å². The van der Waals surface area contributed by atoms with E-state index in [-0.39, 0.29) is 11.2 Å². The Hall–Kier alpha value is -1.30. The molecule has 4 N–H and O–H groups in total. The van der Waals surface area contributed by atoms with Gasteiger partial charge in [0, 0.05) is 7.11 Å². The minimum atomic E-state index is -1.46. The van der Waals surface area contributed by atoms with Crippen LogP contribution in [0.2, 0.25) is 0 Å². The Bertz CT molecular complexity index is 519. The highest BCUT2D eigenvalue weighted by Gasteiger charge is 2.21. The van der Waals surface area contributed by atoms with E-state index in [1.165, 1.54) is 4.73 Å². The number of hydrogen-bond acceptors (Lipinski definition) is 6. The Balaban J connectivity index is 2.30. The summed E-state index contributed by atoms with van der Waals surface area (Å²) in [5.41, 5.74) is 5.76. The molecule has 3 rings (SSSR count). The Morgan fingerprint density at radius 2 is 2.33 bits per heavy atom. The second-order valence-corrected chi connectivity index (χ2v) is 4.38. The number of rotatable bonds is 4. The first-order chi connectivity index (χ1) is 7.16. The molecule has 82 valence electrons. The van der Waals surface area contributed by atoms with Crippen LogP contribution < -0.4 is 16.1 Å². The highest BCUT2D eigenvalue weighted by atomic mass is 31.1. The summed E-state index contributed by atoms with van der Waals surface area (Å²) in [7, 11) is 0.112. The predicted molar refractivity (Wildman–Crippen MR) is 54.8 cm³/mol. The number of methoxy groups -OCH3 is 1. The number of nitrogen functional groups attached to an aromatic ring is 1. The molecule has 0 aliphatic rings. The van der Waals surface area contributed by atoms with Gasteiger partial charge >= 0.3 is 0 Å². The molecule has 1 unspecified atom stereocenters. The number of fused-ring (bicyclic) bond motifs is 2. The molecule has 0 fully saturated rings. The van der Waals surface area contributed by atoms with Gasteiger partial charge in [0.15, 0.2) is 10.7 Å². The van der Waals surface area contributed by atoms with Gasteiger partial charge in [-0.2, -0.15) is 4.73 Å². The van der Waals surface area contributed by atoms with E-state index in [2.05, 4.69) is 4.98 Å². The lowest BCUT2D eigenvalue weighted by molar-refractivity contribution is 0.0673. The average molecular weight is 230 g/mol. The molecule has 8 heteroatoms. The van der Waals surface area contributed by atoms with Crippen LogP contribution in [0.1, 0.15) is 0 Å². The Morgan fingerprint density at radius 1 is 1.60 bits per heavy atom. The van der Waals surface area contributed by atoms with E-state index in [1.807, 2.05) is 0 Å². The van der Waals surface area contributed by atoms with Crippen LogP contribution in [0.25, 0.3) is 10.6 Å². The second-order valence-electron chi connectivity index (χ2n) is 2.93. The maximum Gasteiger partial charge on any atom is 0.218 e.